The van der Waals surface area contributed by atoms with Gasteiger partial charge in [0, 0.05) is 30.8 Å². The quantitative estimate of drug-likeness (QED) is 0.584. The van der Waals surface area contributed by atoms with Crippen molar-refractivity contribution in [3.8, 4) is 16.9 Å². The van der Waals surface area contributed by atoms with Gasteiger partial charge in [0.25, 0.3) is 0 Å². The van der Waals surface area contributed by atoms with Crippen molar-refractivity contribution in [3.63, 3.8) is 0 Å². The van der Waals surface area contributed by atoms with E-state index in [2.05, 4.69) is 22.1 Å². The molecule has 8 heteroatoms. The molecule has 0 radical (unpaired) electrons. The Morgan fingerprint density at radius 3 is 2.55 bits per heavy atom. The van der Waals surface area contributed by atoms with Crippen molar-refractivity contribution in [1.82, 2.24) is 14.7 Å². The van der Waals surface area contributed by atoms with E-state index in [9.17, 15) is 13.2 Å². The van der Waals surface area contributed by atoms with E-state index < -0.39 is 9.84 Å². The van der Waals surface area contributed by atoms with Crippen LogP contribution in [0.1, 0.15) is 27.2 Å². The molecule has 31 heavy (non-hydrogen) atoms. The van der Waals surface area contributed by atoms with Gasteiger partial charge in [0.05, 0.1) is 35.2 Å². The maximum absolute atomic E-state index is 12.9. The molecule has 0 saturated carbocycles. The van der Waals surface area contributed by atoms with Gasteiger partial charge in [0.15, 0.2) is 16.1 Å². The molecule has 7 nitrogen and oxygen atoms in total. The van der Waals surface area contributed by atoms with E-state index in [1.165, 1.54) is 5.56 Å². The van der Waals surface area contributed by atoms with Crippen LogP contribution in [0.4, 0.5) is 0 Å². The van der Waals surface area contributed by atoms with E-state index in [-0.39, 0.29) is 11.4 Å². The Labute approximate surface area is 181 Å². The second kappa shape index (κ2) is 7.71. The highest BCUT2D eigenvalue weighted by Gasteiger charge is 2.34. The molecule has 160 valence electrons. The average Bonchev–Trinajstić information content (AvgIpc) is 3.13. The molecule has 0 atom stereocenters. The second-order valence-corrected chi connectivity index (χ2v) is 10.0. The fourth-order valence-corrected chi connectivity index (χ4v) is 5.96. The number of nitrogens with zero attached hydrogens (tertiary/aromatic N) is 3. The molecule has 2 aliphatic rings. The second-order valence-electron chi connectivity index (χ2n) is 8.06. The topological polar surface area (TPSA) is 81.5 Å². The molecule has 0 spiro atoms. The zero-order chi connectivity index (χ0) is 21.6. The molecule has 1 saturated heterocycles. The number of carbonyl (C=O) groups excluding carboxylic acids is 1. The third-order valence-electron chi connectivity index (χ3n) is 5.88. The van der Waals surface area contributed by atoms with E-state index >= 15 is 0 Å². The molecule has 0 unspecified atom stereocenters. The van der Waals surface area contributed by atoms with E-state index in [1.54, 1.807) is 16.8 Å². The Morgan fingerprint density at radius 1 is 1.10 bits per heavy atom. The Bertz CT molecular complexity index is 1260. The summed E-state index contributed by atoms with van der Waals surface area (Å²) in [5.74, 6) is -0.220. The summed E-state index contributed by atoms with van der Waals surface area (Å²) in [6.45, 7) is 6.07. The zero-order valence-electron chi connectivity index (χ0n) is 17.2. The van der Waals surface area contributed by atoms with Crippen molar-refractivity contribution < 1.29 is 17.9 Å². The SMILES string of the molecule is Cc1ccc2c(c1)S(=O)(=O)Cc1c(C=O)nn(-c3ccc(CN4CCOCC4)cc3)c1-2. The van der Waals surface area contributed by atoms with Crippen LogP contribution in [0.15, 0.2) is 47.4 Å². The highest BCUT2D eigenvalue weighted by molar-refractivity contribution is 7.90. The van der Waals surface area contributed by atoms with Gasteiger partial charge in [-0.2, -0.15) is 5.10 Å². The lowest BCUT2D eigenvalue weighted by Crippen LogP contribution is -2.35. The van der Waals surface area contributed by atoms with Crippen LogP contribution >= 0.6 is 0 Å². The van der Waals surface area contributed by atoms with Crippen LogP contribution in [0.3, 0.4) is 0 Å². The van der Waals surface area contributed by atoms with Gasteiger partial charge >= 0.3 is 0 Å². The molecular formula is C23H23N3O4S. The number of hydrogen-bond acceptors (Lipinski definition) is 6. The largest absolute Gasteiger partial charge is 0.379 e. The van der Waals surface area contributed by atoms with Crippen LogP contribution in [0.25, 0.3) is 16.9 Å². The molecule has 2 aliphatic heterocycles. The van der Waals surface area contributed by atoms with Gasteiger partial charge in [-0.1, -0.05) is 24.3 Å². The molecule has 1 aromatic heterocycles. The summed E-state index contributed by atoms with van der Waals surface area (Å²) in [5, 5.41) is 4.47. The van der Waals surface area contributed by atoms with Crippen molar-refractivity contribution in [2.24, 2.45) is 0 Å². The lowest BCUT2D eigenvalue weighted by molar-refractivity contribution is 0.0342. The first kappa shape index (κ1) is 20.1. The minimum atomic E-state index is -3.53. The lowest BCUT2D eigenvalue weighted by atomic mass is 10.0. The summed E-state index contributed by atoms with van der Waals surface area (Å²) < 4.78 is 32.8. The van der Waals surface area contributed by atoms with Gasteiger partial charge in [-0.25, -0.2) is 13.1 Å². The first-order chi connectivity index (χ1) is 15.0. The molecule has 3 aromatic rings. The summed E-state index contributed by atoms with van der Waals surface area (Å²) in [5.41, 5.74) is 4.74. The van der Waals surface area contributed by atoms with Gasteiger partial charge < -0.3 is 4.74 Å². The van der Waals surface area contributed by atoms with Crippen molar-refractivity contribution >= 4 is 16.1 Å². The molecular weight excluding hydrogens is 414 g/mol. The van der Waals surface area contributed by atoms with Gasteiger partial charge in [-0.3, -0.25) is 9.69 Å². The Hall–Kier alpha value is -2.81. The summed E-state index contributed by atoms with van der Waals surface area (Å²) in [6.07, 6.45) is 0.636. The fraction of sp³-hybridized carbons (Fsp3) is 0.304. The molecule has 3 heterocycles. The fourth-order valence-electron chi connectivity index (χ4n) is 4.28. The summed E-state index contributed by atoms with van der Waals surface area (Å²) >= 11 is 0. The Kier molecular flexibility index (Phi) is 5.00. The monoisotopic (exact) mass is 437 g/mol. The Balaban J connectivity index is 1.57. The molecule has 0 amide bonds. The van der Waals surface area contributed by atoms with E-state index in [4.69, 9.17) is 4.74 Å². The van der Waals surface area contributed by atoms with Crippen molar-refractivity contribution in [3.05, 3.63) is 64.8 Å². The number of benzene rings is 2. The summed E-state index contributed by atoms with van der Waals surface area (Å²) in [4.78, 5) is 14.3. The number of ether oxygens (including phenoxy) is 1. The molecule has 2 aromatic carbocycles. The lowest BCUT2D eigenvalue weighted by Gasteiger charge is -2.26. The molecule has 0 bridgehead atoms. The number of rotatable bonds is 4. The van der Waals surface area contributed by atoms with Crippen LogP contribution in [-0.4, -0.2) is 55.7 Å². The van der Waals surface area contributed by atoms with E-state index in [0.717, 1.165) is 44.1 Å². The summed E-state index contributed by atoms with van der Waals surface area (Å²) in [7, 11) is -3.53. The number of sulfone groups is 1. The van der Waals surface area contributed by atoms with Crippen molar-refractivity contribution in [1.29, 1.82) is 0 Å². The van der Waals surface area contributed by atoms with E-state index in [1.807, 2.05) is 25.1 Å². The normalized spacial score (nSPS) is 17.7. The summed E-state index contributed by atoms with van der Waals surface area (Å²) in [6, 6.07) is 13.4. The number of hydrogen-bond donors (Lipinski definition) is 0. The number of aromatic nitrogens is 2. The third-order valence-corrected chi connectivity index (χ3v) is 7.56. The van der Waals surface area contributed by atoms with Crippen LogP contribution in [0.5, 0.6) is 0 Å². The first-order valence-electron chi connectivity index (χ1n) is 10.3. The maximum Gasteiger partial charge on any atom is 0.183 e. The minimum absolute atomic E-state index is 0.169. The number of morpholine rings is 1. The van der Waals surface area contributed by atoms with Gasteiger partial charge in [-0.15, -0.1) is 0 Å². The minimum Gasteiger partial charge on any atom is -0.379 e. The first-order valence-corrected chi connectivity index (χ1v) is 11.9. The van der Waals surface area contributed by atoms with Gasteiger partial charge in [0.2, 0.25) is 0 Å². The highest BCUT2D eigenvalue weighted by Crippen LogP contribution is 2.40. The molecule has 5 rings (SSSR count). The molecule has 0 N–H and O–H groups in total. The van der Waals surface area contributed by atoms with Crippen LogP contribution in [0.2, 0.25) is 0 Å². The number of aryl methyl sites for hydroxylation is 1. The highest BCUT2D eigenvalue weighted by atomic mass is 32.2. The predicted octanol–water partition coefficient (Wildman–Crippen LogP) is 2.78. The zero-order valence-corrected chi connectivity index (χ0v) is 18.1. The van der Waals surface area contributed by atoms with Crippen LogP contribution in [-0.2, 0) is 26.9 Å². The van der Waals surface area contributed by atoms with Crippen molar-refractivity contribution in [2.75, 3.05) is 26.3 Å². The average molecular weight is 438 g/mol. The smallest absolute Gasteiger partial charge is 0.183 e. The number of carbonyl (C=O) groups is 1. The third kappa shape index (κ3) is 3.60. The van der Waals surface area contributed by atoms with E-state index in [0.29, 0.717) is 28.0 Å². The predicted molar refractivity (Wildman–Crippen MR) is 116 cm³/mol. The number of fused-ring (bicyclic) bond motifs is 3. The van der Waals surface area contributed by atoms with Gasteiger partial charge in [0.1, 0.15) is 5.69 Å². The number of aldehydes is 1. The van der Waals surface area contributed by atoms with Crippen LogP contribution in [0, 0.1) is 6.92 Å². The standard InChI is InChI=1S/C23H23N3O4S/c1-16-2-7-19-22(12-16)31(28,29)15-20-21(14-27)24-26(23(19)20)18-5-3-17(4-6-18)13-25-8-10-30-11-9-25/h2-7,12,14H,8-11,13,15H2,1H3. The van der Waals surface area contributed by atoms with Gasteiger partial charge in [-0.05, 0) is 36.2 Å². The van der Waals surface area contributed by atoms with Crippen LogP contribution < -0.4 is 0 Å². The maximum atomic E-state index is 12.9. The molecule has 1 fully saturated rings. The molecule has 0 aliphatic carbocycles. The van der Waals surface area contributed by atoms with Crippen molar-refractivity contribution in [2.45, 2.75) is 24.1 Å². The Morgan fingerprint density at radius 2 is 1.84 bits per heavy atom.